The van der Waals surface area contributed by atoms with Crippen molar-refractivity contribution in [3.63, 3.8) is 0 Å². The molecule has 2 aromatic carbocycles. The summed E-state index contributed by atoms with van der Waals surface area (Å²) in [4.78, 5) is 40.0. The molecular formula is C20H19N3O7S. The highest BCUT2D eigenvalue weighted by molar-refractivity contribution is 7.16. The van der Waals surface area contributed by atoms with Crippen LogP contribution in [0.3, 0.4) is 0 Å². The number of amides is 1. The average Bonchev–Trinajstić information content (AvgIpc) is 3.09. The minimum atomic E-state index is -0.616. The fourth-order valence-electron chi connectivity index (χ4n) is 2.95. The molecule has 162 valence electrons. The number of nitro benzene ring substituents is 1. The molecule has 3 aromatic rings. The Morgan fingerprint density at radius 1 is 1.19 bits per heavy atom. The maximum atomic E-state index is 12.9. The van der Waals surface area contributed by atoms with E-state index in [1.54, 1.807) is 25.1 Å². The summed E-state index contributed by atoms with van der Waals surface area (Å²) in [7, 11) is 2.86. The number of thiazole rings is 1. The molecule has 1 heterocycles. The van der Waals surface area contributed by atoms with Crippen LogP contribution in [0.2, 0.25) is 0 Å². The van der Waals surface area contributed by atoms with Gasteiger partial charge in [0.25, 0.3) is 11.6 Å². The van der Waals surface area contributed by atoms with Gasteiger partial charge in [0.15, 0.2) is 16.3 Å². The van der Waals surface area contributed by atoms with Crippen molar-refractivity contribution < 1.29 is 28.7 Å². The molecule has 0 fully saturated rings. The number of esters is 1. The lowest BCUT2D eigenvalue weighted by Gasteiger charge is -2.10. The molecule has 1 amide bonds. The molecule has 0 spiro atoms. The molecular weight excluding hydrogens is 426 g/mol. The van der Waals surface area contributed by atoms with Gasteiger partial charge in [0.1, 0.15) is 6.54 Å². The standard InChI is InChI=1S/C20H19N3O7S/c1-4-30-17(24)11-22-14-9-8-12(23(26)27)10-16(14)31-20(22)21-19(25)13-6-5-7-15(28-2)18(13)29-3/h5-10H,4,11H2,1-3H3. The van der Waals surface area contributed by atoms with Crippen LogP contribution >= 0.6 is 11.3 Å². The number of methoxy groups -OCH3 is 2. The second kappa shape index (κ2) is 9.39. The van der Waals surface area contributed by atoms with Crippen molar-refractivity contribution in [3.05, 3.63) is 56.9 Å². The Morgan fingerprint density at radius 3 is 2.61 bits per heavy atom. The number of fused-ring (bicyclic) bond motifs is 1. The van der Waals surface area contributed by atoms with Gasteiger partial charge >= 0.3 is 5.97 Å². The van der Waals surface area contributed by atoms with Gasteiger partial charge in [-0.1, -0.05) is 17.4 Å². The monoisotopic (exact) mass is 445 g/mol. The lowest BCUT2D eigenvalue weighted by atomic mass is 10.2. The number of carbonyl (C=O) groups excluding carboxylic acids is 2. The number of ether oxygens (including phenoxy) is 3. The molecule has 0 aliphatic heterocycles. The highest BCUT2D eigenvalue weighted by Gasteiger charge is 2.19. The van der Waals surface area contributed by atoms with Crippen molar-refractivity contribution in [2.75, 3.05) is 20.8 Å². The summed E-state index contributed by atoms with van der Waals surface area (Å²) in [5.41, 5.74) is 0.588. The summed E-state index contributed by atoms with van der Waals surface area (Å²) >= 11 is 1.05. The largest absolute Gasteiger partial charge is 0.493 e. The highest BCUT2D eigenvalue weighted by atomic mass is 32.1. The van der Waals surface area contributed by atoms with E-state index in [0.717, 1.165) is 11.3 Å². The lowest BCUT2D eigenvalue weighted by molar-refractivity contribution is -0.384. The first kappa shape index (κ1) is 22.0. The van der Waals surface area contributed by atoms with Crippen LogP contribution in [0.5, 0.6) is 11.5 Å². The first-order valence-corrected chi connectivity index (χ1v) is 9.94. The van der Waals surface area contributed by atoms with Gasteiger partial charge in [-0.05, 0) is 25.1 Å². The van der Waals surface area contributed by atoms with E-state index >= 15 is 0 Å². The SMILES string of the molecule is CCOC(=O)Cn1c(=NC(=O)c2cccc(OC)c2OC)sc2cc([N+](=O)[O-])ccc21. The van der Waals surface area contributed by atoms with Crippen molar-refractivity contribution in [1.29, 1.82) is 0 Å². The van der Waals surface area contributed by atoms with Crippen molar-refractivity contribution in [2.24, 2.45) is 4.99 Å². The number of benzene rings is 2. The Kier molecular flexibility index (Phi) is 6.65. The first-order valence-electron chi connectivity index (χ1n) is 9.13. The molecule has 0 aliphatic carbocycles. The highest BCUT2D eigenvalue weighted by Crippen LogP contribution is 2.31. The van der Waals surface area contributed by atoms with Crippen molar-refractivity contribution >= 4 is 39.1 Å². The lowest BCUT2D eigenvalue weighted by Crippen LogP contribution is -2.23. The molecule has 0 atom stereocenters. The van der Waals surface area contributed by atoms with E-state index in [1.807, 2.05) is 0 Å². The Bertz CT molecular complexity index is 1230. The van der Waals surface area contributed by atoms with Gasteiger partial charge in [0.05, 0.1) is 41.5 Å². The predicted octanol–water partition coefficient (Wildman–Crippen LogP) is 2.93. The van der Waals surface area contributed by atoms with Crippen LogP contribution in [0.1, 0.15) is 17.3 Å². The number of rotatable bonds is 7. The van der Waals surface area contributed by atoms with Crippen LogP contribution in [0.4, 0.5) is 5.69 Å². The van der Waals surface area contributed by atoms with Crippen LogP contribution in [0.25, 0.3) is 10.2 Å². The molecule has 11 heteroatoms. The number of carbonyl (C=O) groups is 2. The Morgan fingerprint density at radius 2 is 1.97 bits per heavy atom. The number of hydrogen-bond donors (Lipinski definition) is 0. The molecule has 0 N–H and O–H groups in total. The van der Waals surface area contributed by atoms with Crippen LogP contribution in [0.15, 0.2) is 41.4 Å². The topological polar surface area (TPSA) is 122 Å². The predicted molar refractivity (Wildman–Crippen MR) is 113 cm³/mol. The maximum Gasteiger partial charge on any atom is 0.326 e. The third-order valence-electron chi connectivity index (χ3n) is 4.30. The number of non-ortho nitro benzene ring substituents is 1. The zero-order valence-electron chi connectivity index (χ0n) is 17.0. The Hall–Kier alpha value is -3.73. The number of aromatic nitrogens is 1. The van der Waals surface area contributed by atoms with Gasteiger partial charge in [-0.2, -0.15) is 4.99 Å². The summed E-state index contributed by atoms with van der Waals surface area (Å²) in [6, 6.07) is 9.03. The second-order valence-corrected chi connectivity index (χ2v) is 7.15. The van der Waals surface area contributed by atoms with E-state index in [9.17, 15) is 19.7 Å². The summed E-state index contributed by atoms with van der Waals surface area (Å²) in [6.45, 7) is 1.67. The normalized spacial score (nSPS) is 11.4. The fourth-order valence-corrected chi connectivity index (χ4v) is 4.01. The van der Waals surface area contributed by atoms with Crippen LogP contribution in [0, 0.1) is 10.1 Å². The third kappa shape index (κ3) is 4.56. The van der Waals surface area contributed by atoms with E-state index in [-0.39, 0.29) is 35.0 Å². The molecule has 31 heavy (non-hydrogen) atoms. The average molecular weight is 445 g/mol. The molecule has 0 saturated heterocycles. The van der Waals surface area contributed by atoms with Gasteiger partial charge in [0.2, 0.25) is 0 Å². The molecule has 10 nitrogen and oxygen atoms in total. The second-order valence-electron chi connectivity index (χ2n) is 6.14. The molecule has 0 radical (unpaired) electrons. The number of nitro groups is 1. The number of para-hydroxylation sites is 1. The Labute approximate surface area is 180 Å². The summed E-state index contributed by atoms with van der Waals surface area (Å²) in [5.74, 6) is -0.537. The van der Waals surface area contributed by atoms with Gasteiger partial charge in [0, 0.05) is 12.1 Å². The zero-order chi connectivity index (χ0) is 22.5. The Balaban J connectivity index is 2.17. The van der Waals surface area contributed by atoms with Crippen molar-refractivity contribution in [3.8, 4) is 11.5 Å². The number of nitrogens with zero attached hydrogens (tertiary/aromatic N) is 3. The third-order valence-corrected chi connectivity index (χ3v) is 5.34. The van der Waals surface area contributed by atoms with Crippen molar-refractivity contribution in [2.45, 2.75) is 13.5 Å². The zero-order valence-corrected chi connectivity index (χ0v) is 17.8. The van der Waals surface area contributed by atoms with E-state index in [2.05, 4.69) is 4.99 Å². The molecule has 0 bridgehead atoms. The van der Waals surface area contributed by atoms with Gasteiger partial charge in [-0.25, -0.2) is 0 Å². The molecule has 0 aliphatic rings. The van der Waals surface area contributed by atoms with E-state index in [1.165, 1.54) is 37.0 Å². The first-order chi connectivity index (χ1) is 14.9. The summed E-state index contributed by atoms with van der Waals surface area (Å²) in [6.07, 6.45) is 0. The quantitative estimate of drug-likeness (QED) is 0.311. The van der Waals surface area contributed by atoms with Crippen molar-refractivity contribution in [1.82, 2.24) is 4.57 Å². The van der Waals surface area contributed by atoms with Crippen LogP contribution < -0.4 is 14.3 Å². The summed E-state index contributed by atoms with van der Waals surface area (Å²) < 4.78 is 17.5. The molecule has 0 unspecified atom stereocenters. The van der Waals surface area contributed by atoms with Gasteiger partial charge < -0.3 is 18.8 Å². The van der Waals surface area contributed by atoms with E-state index < -0.39 is 16.8 Å². The smallest absolute Gasteiger partial charge is 0.326 e. The van der Waals surface area contributed by atoms with E-state index in [0.29, 0.717) is 16.0 Å². The minimum Gasteiger partial charge on any atom is -0.493 e. The maximum absolute atomic E-state index is 12.9. The minimum absolute atomic E-state index is 0.107. The fraction of sp³-hybridized carbons (Fsp3) is 0.250. The molecule has 3 rings (SSSR count). The van der Waals surface area contributed by atoms with Crippen LogP contribution in [-0.2, 0) is 16.1 Å². The molecule has 0 saturated carbocycles. The van der Waals surface area contributed by atoms with Gasteiger partial charge in [-0.3, -0.25) is 19.7 Å². The van der Waals surface area contributed by atoms with Gasteiger partial charge in [-0.15, -0.1) is 0 Å². The number of hydrogen-bond acceptors (Lipinski definition) is 8. The van der Waals surface area contributed by atoms with Crippen LogP contribution in [-0.4, -0.2) is 42.2 Å². The summed E-state index contributed by atoms with van der Waals surface area (Å²) in [5, 5.41) is 11.1. The van der Waals surface area contributed by atoms with E-state index in [4.69, 9.17) is 14.2 Å². The molecule has 1 aromatic heterocycles.